The zero-order chi connectivity index (χ0) is 14.8. The fraction of sp³-hybridized carbons (Fsp3) is 0.357. The van der Waals surface area contributed by atoms with Gasteiger partial charge in [0.1, 0.15) is 4.90 Å². The lowest BCUT2D eigenvalue weighted by Gasteiger charge is -2.14. The van der Waals surface area contributed by atoms with Gasteiger partial charge in [0, 0.05) is 24.7 Å². The van der Waals surface area contributed by atoms with Crippen molar-refractivity contribution in [2.24, 2.45) is 0 Å². The highest BCUT2D eigenvalue weighted by atomic mass is 32.2. The molecule has 0 aliphatic heterocycles. The number of benzene rings is 1. The molecule has 0 aliphatic rings. The van der Waals surface area contributed by atoms with Gasteiger partial charge in [-0.15, -0.1) is 0 Å². The summed E-state index contributed by atoms with van der Waals surface area (Å²) in [7, 11) is -2.08. The highest BCUT2D eigenvalue weighted by molar-refractivity contribution is 7.89. The lowest BCUT2D eigenvalue weighted by Crippen LogP contribution is -2.35. The van der Waals surface area contributed by atoms with E-state index in [1.807, 2.05) is 19.1 Å². The molecule has 6 heteroatoms. The molecule has 0 bridgehead atoms. The zero-order valence-electron chi connectivity index (χ0n) is 11.8. The first-order valence-electron chi connectivity index (χ1n) is 6.30. The maximum Gasteiger partial charge on any atom is 0.243 e. The van der Waals surface area contributed by atoms with Crippen molar-refractivity contribution in [3.63, 3.8) is 0 Å². The van der Waals surface area contributed by atoms with Crippen molar-refractivity contribution < 1.29 is 13.2 Å². The third-order valence-corrected chi connectivity index (χ3v) is 4.49. The Balaban J connectivity index is 2.46. The van der Waals surface area contributed by atoms with E-state index in [9.17, 15) is 8.42 Å². The monoisotopic (exact) mass is 294 g/mol. The van der Waals surface area contributed by atoms with Crippen molar-refractivity contribution in [3.05, 3.63) is 36.0 Å². The van der Waals surface area contributed by atoms with E-state index in [2.05, 4.69) is 9.71 Å². The average molecular weight is 294 g/mol. The van der Waals surface area contributed by atoms with Crippen LogP contribution in [0, 0.1) is 6.92 Å². The molecule has 0 unspecified atom stereocenters. The molecular formula is C14H18N2O3S. The predicted molar refractivity (Wildman–Crippen MR) is 78.1 cm³/mol. The second kappa shape index (κ2) is 5.87. The van der Waals surface area contributed by atoms with Crippen LogP contribution in [0.1, 0.15) is 12.5 Å². The number of nitrogens with one attached hydrogen (secondary N) is 1. The van der Waals surface area contributed by atoms with Gasteiger partial charge in [0.2, 0.25) is 10.0 Å². The summed E-state index contributed by atoms with van der Waals surface area (Å²) in [5.74, 6) is 0. The molecular weight excluding hydrogens is 276 g/mol. The number of aromatic nitrogens is 1. The number of fused-ring (bicyclic) bond motifs is 1. The summed E-state index contributed by atoms with van der Waals surface area (Å²) >= 11 is 0. The first-order valence-corrected chi connectivity index (χ1v) is 7.79. The minimum absolute atomic E-state index is 0.193. The van der Waals surface area contributed by atoms with Crippen LogP contribution in [0.5, 0.6) is 0 Å². The van der Waals surface area contributed by atoms with Crippen LogP contribution < -0.4 is 4.72 Å². The number of aryl methyl sites for hydroxylation is 1. The second-order valence-corrected chi connectivity index (χ2v) is 6.50. The molecule has 1 heterocycles. The fourth-order valence-electron chi connectivity index (χ4n) is 2.07. The highest BCUT2D eigenvalue weighted by Crippen LogP contribution is 2.21. The molecule has 0 saturated carbocycles. The Hall–Kier alpha value is -1.50. The first-order chi connectivity index (χ1) is 9.44. The molecule has 20 heavy (non-hydrogen) atoms. The van der Waals surface area contributed by atoms with Gasteiger partial charge in [-0.05, 0) is 31.5 Å². The largest absolute Gasteiger partial charge is 0.383 e. The van der Waals surface area contributed by atoms with Gasteiger partial charge in [0.25, 0.3) is 0 Å². The molecule has 0 radical (unpaired) electrons. The lowest BCUT2D eigenvalue weighted by atomic mass is 10.2. The van der Waals surface area contributed by atoms with Gasteiger partial charge in [-0.1, -0.05) is 12.1 Å². The molecule has 1 aromatic carbocycles. The van der Waals surface area contributed by atoms with Crippen molar-refractivity contribution in [2.45, 2.75) is 24.8 Å². The number of ether oxygens (including phenoxy) is 1. The summed E-state index contributed by atoms with van der Waals surface area (Å²) in [4.78, 5) is 4.44. The van der Waals surface area contributed by atoms with E-state index in [4.69, 9.17) is 4.74 Å². The van der Waals surface area contributed by atoms with Gasteiger partial charge in [-0.2, -0.15) is 0 Å². The van der Waals surface area contributed by atoms with Crippen LogP contribution in [-0.4, -0.2) is 33.2 Å². The van der Waals surface area contributed by atoms with E-state index < -0.39 is 10.0 Å². The quantitative estimate of drug-likeness (QED) is 0.914. The van der Waals surface area contributed by atoms with E-state index in [0.717, 1.165) is 10.9 Å². The Labute approximate surface area is 119 Å². The Morgan fingerprint density at radius 1 is 1.40 bits per heavy atom. The Bertz CT molecular complexity index is 713. The molecule has 0 fully saturated rings. The molecule has 0 amide bonds. The molecule has 5 nitrogen and oxygen atoms in total. The van der Waals surface area contributed by atoms with Crippen molar-refractivity contribution in [2.75, 3.05) is 13.7 Å². The van der Waals surface area contributed by atoms with E-state index in [1.165, 1.54) is 7.11 Å². The Morgan fingerprint density at radius 2 is 2.15 bits per heavy atom. The maximum atomic E-state index is 12.4. The number of methoxy groups -OCH3 is 1. The van der Waals surface area contributed by atoms with Crippen LogP contribution in [0.15, 0.2) is 35.4 Å². The van der Waals surface area contributed by atoms with Crippen LogP contribution in [0.4, 0.5) is 0 Å². The molecule has 108 valence electrons. The van der Waals surface area contributed by atoms with Crippen molar-refractivity contribution in [3.8, 4) is 0 Å². The van der Waals surface area contributed by atoms with E-state index in [1.54, 1.807) is 25.3 Å². The number of pyridine rings is 1. The van der Waals surface area contributed by atoms with Gasteiger partial charge in [-0.3, -0.25) is 4.98 Å². The third-order valence-electron chi connectivity index (χ3n) is 2.87. The number of para-hydroxylation sites is 1. The molecule has 1 N–H and O–H groups in total. The summed E-state index contributed by atoms with van der Waals surface area (Å²) in [6.07, 6.45) is 1.67. The molecule has 2 rings (SSSR count). The summed E-state index contributed by atoms with van der Waals surface area (Å²) in [5, 5.41) is 0.812. The van der Waals surface area contributed by atoms with Crippen LogP contribution in [0.3, 0.4) is 0 Å². The average Bonchev–Trinajstić information content (AvgIpc) is 2.37. The highest BCUT2D eigenvalue weighted by Gasteiger charge is 2.20. The van der Waals surface area contributed by atoms with Gasteiger partial charge < -0.3 is 4.74 Å². The van der Waals surface area contributed by atoms with Crippen molar-refractivity contribution in [1.29, 1.82) is 0 Å². The van der Waals surface area contributed by atoms with Crippen molar-refractivity contribution in [1.82, 2.24) is 9.71 Å². The van der Waals surface area contributed by atoms with E-state index >= 15 is 0 Å². The number of hydrogen-bond donors (Lipinski definition) is 1. The lowest BCUT2D eigenvalue weighted by molar-refractivity contribution is 0.180. The molecule has 0 aliphatic carbocycles. The first kappa shape index (κ1) is 14.9. The predicted octanol–water partition coefficient (Wildman–Crippen LogP) is 1.86. The van der Waals surface area contributed by atoms with Crippen LogP contribution in [0.2, 0.25) is 0 Å². The molecule has 0 saturated heterocycles. The summed E-state index contributed by atoms with van der Waals surface area (Å²) < 4.78 is 32.4. The molecule has 2 aromatic rings. The number of rotatable bonds is 5. The third kappa shape index (κ3) is 3.15. The van der Waals surface area contributed by atoms with Crippen LogP contribution in [0.25, 0.3) is 10.9 Å². The maximum absolute atomic E-state index is 12.4. The van der Waals surface area contributed by atoms with Crippen LogP contribution >= 0.6 is 0 Å². The number of sulfonamides is 1. The molecule has 1 atom stereocenters. The SMILES string of the molecule is COC[C@H](C)NS(=O)(=O)c1cccc2cc(C)cnc12. The second-order valence-electron chi connectivity index (χ2n) is 4.82. The van der Waals surface area contributed by atoms with Gasteiger partial charge in [-0.25, -0.2) is 13.1 Å². The van der Waals surface area contributed by atoms with Crippen molar-refractivity contribution >= 4 is 20.9 Å². The summed E-state index contributed by atoms with van der Waals surface area (Å²) in [6, 6.07) is 6.75. The normalized spacial score (nSPS) is 13.6. The number of hydrogen-bond acceptors (Lipinski definition) is 4. The van der Waals surface area contributed by atoms with E-state index in [-0.39, 0.29) is 10.9 Å². The standard InChI is InChI=1S/C14H18N2O3S/c1-10-7-12-5-4-6-13(14(12)15-8-10)20(17,18)16-11(2)9-19-3/h4-8,11,16H,9H2,1-3H3/t11-/m0/s1. The van der Waals surface area contributed by atoms with E-state index in [0.29, 0.717) is 12.1 Å². The topological polar surface area (TPSA) is 68.3 Å². The zero-order valence-corrected chi connectivity index (χ0v) is 12.6. The Kier molecular flexibility index (Phi) is 4.37. The smallest absolute Gasteiger partial charge is 0.243 e. The number of nitrogens with zero attached hydrogens (tertiary/aromatic N) is 1. The Morgan fingerprint density at radius 3 is 2.85 bits per heavy atom. The summed E-state index contributed by atoms with van der Waals surface area (Å²) in [6.45, 7) is 3.99. The van der Waals surface area contributed by atoms with Crippen LogP contribution in [-0.2, 0) is 14.8 Å². The van der Waals surface area contributed by atoms with Gasteiger partial charge in [0.15, 0.2) is 0 Å². The summed E-state index contributed by atoms with van der Waals surface area (Å²) in [5.41, 5.74) is 1.47. The molecule has 1 aromatic heterocycles. The minimum Gasteiger partial charge on any atom is -0.383 e. The fourth-order valence-corrected chi connectivity index (χ4v) is 3.48. The minimum atomic E-state index is -3.61. The van der Waals surface area contributed by atoms with Gasteiger partial charge >= 0.3 is 0 Å². The van der Waals surface area contributed by atoms with Gasteiger partial charge in [0.05, 0.1) is 12.1 Å². The molecule has 0 spiro atoms.